The molecular formula is C13H15N3O2. The third kappa shape index (κ3) is 2.75. The second-order valence-electron chi connectivity index (χ2n) is 3.92. The summed E-state index contributed by atoms with van der Waals surface area (Å²) in [6.45, 7) is 2.95. The number of rotatable bonds is 4. The Balaban J connectivity index is 2.28. The van der Waals surface area contributed by atoms with Crippen molar-refractivity contribution in [3.05, 3.63) is 46.2 Å². The molecule has 0 aliphatic carbocycles. The zero-order chi connectivity index (χ0) is 13.0. The van der Waals surface area contributed by atoms with E-state index >= 15 is 0 Å². The zero-order valence-electron chi connectivity index (χ0n) is 10.1. The molecule has 1 heterocycles. The Morgan fingerprint density at radius 2 is 2.17 bits per heavy atom. The topological polar surface area (TPSA) is 81.0 Å². The maximum atomic E-state index is 10.9. The van der Waals surface area contributed by atoms with Crippen LogP contribution < -0.4 is 16.0 Å². The van der Waals surface area contributed by atoms with Gasteiger partial charge in [-0.1, -0.05) is 0 Å². The van der Waals surface area contributed by atoms with Gasteiger partial charge in [-0.3, -0.25) is 4.79 Å². The number of nitrogens with zero attached hydrogens (tertiary/aromatic N) is 1. The number of benzene rings is 1. The maximum absolute atomic E-state index is 10.9. The van der Waals surface area contributed by atoms with Crippen molar-refractivity contribution in [2.45, 2.75) is 6.92 Å². The Hall–Kier alpha value is -2.14. The maximum Gasteiger partial charge on any atom is 0.264 e. The fourth-order valence-electron chi connectivity index (χ4n) is 1.64. The Bertz CT molecular complexity index is 573. The molecule has 0 aliphatic heterocycles. The van der Waals surface area contributed by atoms with Gasteiger partial charge in [-0.05, 0) is 36.8 Å². The molecule has 94 valence electrons. The van der Waals surface area contributed by atoms with Crippen LogP contribution in [0.5, 0.6) is 5.75 Å². The molecule has 0 amide bonds. The first kappa shape index (κ1) is 12.3. The van der Waals surface area contributed by atoms with E-state index in [4.69, 9.17) is 10.5 Å². The van der Waals surface area contributed by atoms with Gasteiger partial charge in [0.15, 0.2) is 0 Å². The van der Waals surface area contributed by atoms with Gasteiger partial charge >= 0.3 is 0 Å². The molecule has 0 unspecified atom stereocenters. The van der Waals surface area contributed by atoms with Crippen molar-refractivity contribution in [1.29, 1.82) is 0 Å². The quantitative estimate of drug-likeness (QED) is 0.844. The number of nitrogens with one attached hydrogen (secondary N) is 1. The molecule has 0 atom stereocenters. The lowest BCUT2D eigenvalue weighted by molar-refractivity contribution is 0.326. The van der Waals surface area contributed by atoms with Crippen molar-refractivity contribution in [3.63, 3.8) is 0 Å². The molecule has 0 saturated carbocycles. The first-order valence-corrected chi connectivity index (χ1v) is 5.70. The number of hydrogen-bond donors (Lipinski definition) is 2. The summed E-state index contributed by atoms with van der Waals surface area (Å²) in [5.74, 6) is 0.814. The fraction of sp³-hybridized carbons (Fsp3) is 0.231. The number of hydrogen-bond acceptors (Lipinski definition) is 4. The highest BCUT2D eigenvalue weighted by Crippen LogP contribution is 2.24. The molecule has 0 aliphatic rings. The lowest BCUT2D eigenvalue weighted by Crippen LogP contribution is -2.11. The van der Waals surface area contributed by atoms with Gasteiger partial charge in [0.1, 0.15) is 12.4 Å². The van der Waals surface area contributed by atoms with E-state index in [1.807, 2.05) is 25.1 Å². The normalized spacial score (nSPS) is 10.3. The van der Waals surface area contributed by atoms with E-state index in [0.29, 0.717) is 13.2 Å². The van der Waals surface area contributed by atoms with Crippen molar-refractivity contribution in [2.75, 3.05) is 13.2 Å². The summed E-state index contributed by atoms with van der Waals surface area (Å²) in [4.78, 5) is 10.9. The Morgan fingerprint density at radius 3 is 2.78 bits per heavy atom. The zero-order valence-corrected chi connectivity index (χ0v) is 10.1. The molecule has 2 aromatic rings. The minimum atomic E-state index is -0.210. The molecule has 5 heteroatoms. The summed E-state index contributed by atoms with van der Waals surface area (Å²) in [6, 6.07) is 8.89. The van der Waals surface area contributed by atoms with Crippen LogP contribution in [0.1, 0.15) is 5.56 Å². The monoisotopic (exact) mass is 245 g/mol. The predicted octanol–water partition coefficient (Wildman–Crippen LogP) is 1.08. The predicted molar refractivity (Wildman–Crippen MR) is 69.6 cm³/mol. The minimum absolute atomic E-state index is 0.210. The number of ether oxygens (including phenoxy) is 1. The molecule has 2 rings (SSSR count). The second kappa shape index (κ2) is 5.46. The first-order valence-electron chi connectivity index (χ1n) is 5.70. The lowest BCUT2D eigenvalue weighted by Gasteiger charge is -2.09. The van der Waals surface area contributed by atoms with Gasteiger partial charge in [0.05, 0.1) is 5.69 Å². The van der Waals surface area contributed by atoms with Gasteiger partial charge in [-0.15, -0.1) is 0 Å². The highest BCUT2D eigenvalue weighted by Gasteiger charge is 2.04. The average Bonchev–Trinajstić information content (AvgIpc) is 2.38. The van der Waals surface area contributed by atoms with E-state index in [1.54, 1.807) is 6.07 Å². The summed E-state index contributed by atoms with van der Waals surface area (Å²) in [5, 5.41) is 6.40. The van der Waals surface area contributed by atoms with Crippen molar-refractivity contribution < 1.29 is 4.74 Å². The third-order valence-electron chi connectivity index (χ3n) is 2.53. The smallest absolute Gasteiger partial charge is 0.264 e. The van der Waals surface area contributed by atoms with Crippen LogP contribution in [0.3, 0.4) is 0 Å². The average molecular weight is 245 g/mol. The summed E-state index contributed by atoms with van der Waals surface area (Å²) in [7, 11) is 0. The van der Waals surface area contributed by atoms with Crippen LogP contribution in [0.25, 0.3) is 11.3 Å². The van der Waals surface area contributed by atoms with Crippen LogP contribution in [-0.2, 0) is 0 Å². The molecule has 0 radical (unpaired) electrons. The van der Waals surface area contributed by atoms with Crippen molar-refractivity contribution in [2.24, 2.45) is 5.73 Å². The van der Waals surface area contributed by atoms with Gasteiger partial charge < -0.3 is 10.5 Å². The van der Waals surface area contributed by atoms with Crippen LogP contribution in [0.2, 0.25) is 0 Å². The van der Waals surface area contributed by atoms with Gasteiger partial charge in [-0.2, -0.15) is 5.10 Å². The third-order valence-corrected chi connectivity index (χ3v) is 2.53. The molecule has 5 nitrogen and oxygen atoms in total. The standard InChI is InChI=1S/C13H15N3O2/c1-9-8-10(2-4-12(9)18-7-6-14)11-3-5-13(17)16-15-11/h2-5,8H,6-7,14H2,1H3,(H,16,17). The molecule has 18 heavy (non-hydrogen) atoms. The number of aromatic nitrogens is 2. The van der Waals surface area contributed by atoms with E-state index in [0.717, 1.165) is 22.6 Å². The molecular weight excluding hydrogens is 230 g/mol. The van der Waals surface area contributed by atoms with Crippen molar-refractivity contribution in [3.8, 4) is 17.0 Å². The summed E-state index contributed by atoms with van der Waals surface area (Å²) < 4.78 is 5.49. The Kier molecular flexibility index (Phi) is 3.74. The Morgan fingerprint density at radius 1 is 1.33 bits per heavy atom. The summed E-state index contributed by atoms with van der Waals surface area (Å²) >= 11 is 0. The molecule has 3 N–H and O–H groups in total. The number of aromatic amines is 1. The Labute approximate surface area is 105 Å². The summed E-state index contributed by atoms with van der Waals surface area (Å²) in [5.41, 5.74) is 7.85. The van der Waals surface area contributed by atoms with Crippen LogP contribution >= 0.6 is 0 Å². The van der Waals surface area contributed by atoms with E-state index in [-0.39, 0.29) is 5.56 Å². The van der Waals surface area contributed by atoms with Crippen LogP contribution in [-0.4, -0.2) is 23.3 Å². The molecule has 0 saturated heterocycles. The van der Waals surface area contributed by atoms with Gasteiger partial charge in [-0.25, -0.2) is 5.10 Å². The fourth-order valence-corrected chi connectivity index (χ4v) is 1.64. The summed E-state index contributed by atoms with van der Waals surface area (Å²) in [6.07, 6.45) is 0. The van der Waals surface area contributed by atoms with E-state index in [9.17, 15) is 4.79 Å². The second-order valence-corrected chi connectivity index (χ2v) is 3.92. The van der Waals surface area contributed by atoms with Gasteiger partial charge in [0.2, 0.25) is 0 Å². The minimum Gasteiger partial charge on any atom is -0.492 e. The lowest BCUT2D eigenvalue weighted by atomic mass is 10.1. The number of H-pyrrole nitrogens is 1. The van der Waals surface area contributed by atoms with Crippen LogP contribution in [0, 0.1) is 6.92 Å². The van der Waals surface area contributed by atoms with E-state index < -0.39 is 0 Å². The van der Waals surface area contributed by atoms with Crippen molar-refractivity contribution in [1.82, 2.24) is 10.2 Å². The highest BCUT2D eigenvalue weighted by molar-refractivity contribution is 5.61. The highest BCUT2D eigenvalue weighted by atomic mass is 16.5. The molecule has 1 aromatic heterocycles. The van der Waals surface area contributed by atoms with Crippen LogP contribution in [0.4, 0.5) is 0 Å². The number of nitrogens with two attached hydrogens (primary N) is 1. The molecule has 1 aromatic carbocycles. The SMILES string of the molecule is Cc1cc(-c2ccc(=O)[nH]n2)ccc1OCCN. The molecule has 0 bridgehead atoms. The first-order chi connectivity index (χ1) is 8.70. The van der Waals surface area contributed by atoms with Gasteiger partial charge in [0, 0.05) is 18.2 Å². The van der Waals surface area contributed by atoms with E-state index in [2.05, 4.69) is 10.2 Å². The van der Waals surface area contributed by atoms with Crippen LogP contribution in [0.15, 0.2) is 35.1 Å². The van der Waals surface area contributed by atoms with Crippen molar-refractivity contribution >= 4 is 0 Å². The molecule has 0 fully saturated rings. The number of aryl methyl sites for hydroxylation is 1. The molecule has 0 spiro atoms. The van der Waals surface area contributed by atoms with Gasteiger partial charge in [0.25, 0.3) is 5.56 Å². The largest absolute Gasteiger partial charge is 0.492 e. The van der Waals surface area contributed by atoms with E-state index in [1.165, 1.54) is 6.07 Å².